The van der Waals surface area contributed by atoms with Crippen LogP contribution in [0.1, 0.15) is 31.7 Å². The van der Waals surface area contributed by atoms with E-state index in [9.17, 15) is 5.11 Å². The van der Waals surface area contributed by atoms with Gasteiger partial charge in [0.25, 0.3) is 0 Å². The van der Waals surface area contributed by atoms with E-state index in [0.717, 1.165) is 55.4 Å². The number of aliphatic hydroxyl groups excluding tert-OH is 1. The standard InChI is InChI=1S/C18H29N3O3/c1-4-19-18(20-11-13-6-5-7-16(13)22)21-12-14-8-9-15(23-2)10-17(14)24-3/h8-10,13,16,22H,4-7,11-12H2,1-3H3,(H2,19,20,21). The largest absolute Gasteiger partial charge is 0.497 e. The van der Waals surface area contributed by atoms with Gasteiger partial charge in [-0.05, 0) is 31.9 Å². The summed E-state index contributed by atoms with van der Waals surface area (Å²) in [6, 6.07) is 5.73. The predicted octanol–water partition coefficient (Wildman–Crippen LogP) is 1.92. The quantitative estimate of drug-likeness (QED) is 0.524. The van der Waals surface area contributed by atoms with Gasteiger partial charge in [0.2, 0.25) is 0 Å². The monoisotopic (exact) mass is 335 g/mol. The van der Waals surface area contributed by atoms with Gasteiger partial charge in [-0.15, -0.1) is 0 Å². The zero-order valence-corrected chi connectivity index (χ0v) is 14.8. The molecule has 6 heteroatoms. The third-order valence-corrected chi connectivity index (χ3v) is 4.40. The van der Waals surface area contributed by atoms with E-state index in [-0.39, 0.29) is 6.10 Å². The molecule has 0 aromatic heterocycles. The molecule has 1 aromatic rings. The van der Waals surface area contributed by atoms with Crippen molar-refractivity contribution in [2.45, 2.75) is 38.8 Å². The number of benzene rings is 1. The van der Waals surface area contributed by atoms with Crippen molar-refractivity contribution in [2.75, 3.05) is 27.3 Å². The minimum absolute atomic E-state index is 0.193. The normalized spacial score (nSPS) is 20.8. The Morgan fingerprint density at radius 1 is 1.25 bits per heavy atom. The molecule has 0 amide bonds. The van der Waals surface area contributed by atoms with Crippen LogP contribution >= 0.6 is 0 Å². The molecule has 3 N–H and O–H groups in total. The fourth-order valence-corrected chi connectivity index (χ4v) is 2.97. The summed E-state index contributed by atoms with van der Waals surface area (Å²) in [7, 11) is 3.28. The maximum atomic E-state index is 9.93. The van der Waals surface area contributed by atoms with Crippen molar-refractivity contribution in [3.8, 4) is 11.5 Å². The van der Waals surface area contributed by atoms with Gasteiger partial charge in [0, 0.05) is 30.6 Å². The molecule has 1 aliphatic rings. The molecule has 1 aromatic carbocycles. The van der Waals surface area contributed by atoms with Gasteiger partial charge in [-0.1, -0.05) is 6.42 Å². The number of hydrogen-bond acceptors (Lipinski definition) is 4. The van der Waals surface area contributed by atoms with E-state index in [4.69, 9.17) is 9.47 Å². The van der Waals surface area contributed by atoms with E-state index in [1.54, 1.807) is 14.2 Å². The molecule has 1 saturated carbocycles. The molecule has 0 spiro atoms. The Kier molecular flexibility index (Phi) is 7.18. The molecule has 0 aliphatic heterocycles. The van der Waals surface area contributed by atoms with Crippen molar-refractivity contribution in [1.82, 2.24) is 10.6 Å². The summed E-state index contributed by atoms with van der Waals surface area (Å²) in [5.41, 5.74) is 0.997. The lowest BCUT2D eigenvalue weighted by Crippen LogP contribution is -2.41. The number of aliphatic imine (C=N–C) groups is 1. The van der Waals surface area contributed by atoms with Gasteiger partial charge in [0.15, 0.2) is 5.96 Å². The Morgan fingerprint density at radius 3 is 2.71 bits per heavy atom. The summed E-state index contributed by atoms with van der Waals surface area (Å²) >= 11 is 0. The second-order valence-electron chi connectivity index (χ2n) is 6.01. The molecule has 0 bridgehead atoms. The molecular formula is C18H29N3O3. The second kappa shape index (κ2) is 9.37. The molecule has 0 heterocycles. The summed E-state index contributed by atoms with van der Waals surface area (Å²) in [6.07, 6.45) is 2.88. The lowest BCUT2D eigenvalue weighted by atomic mass is 10.1. The van der Waals surface area contributed by atoms with E-state index in [1.807, 2.05) is 25.1 Å². The zero-order valence-electron chi connectivity index (χ0n) is 14.8. The lowest BCUT2D eigenvalue weighted by Gasteiger charge is -2.18. The van der Waals surface area contributed by atoms with Gasteiger partial charge in [-0.25, -0.2) is 4.99 Å². The fraction of sp³-hybridized carbons (Fsp3) is 0.611. The first-order valence-corrected chi connectivity index (χ1v) is 8.59. The van der Waals surface area contributed by atoms with Crippen LogP contribution in [-0.2, 0) is 6.54 Å². The van der Waals surface area contributed by atoms with Gasteiger partial charge >= 0.3 is 0 Å². The van der Waals surface area contributed by atoms with Gasteiger partial charge in [0.05, 0.1) is 26.9 Å². The minimum atomic E-state index is -0.193. The molecule has 1 aliphatic carbocycles. The van der Waals surface area contributed by atoms with Crippen molar-refractivity contribution >= 4 is 5.96 Å². The average molecular weight is 335 g/mol. The molecule has 24 heavy (non-hydrogen) atoms. The SMILES string of the molecule is CCNC(=NCc1ccc(OC)cc1OC)NCC1CCCC1O. The van der Waals surface area contributed by atoms with Crippen LogP contribution in [0.4, 0.5) is 0 Å². The fourth-order valence-electron chi connectivity index (χ4n) is 2.97. The smallest absolute Gasteiger partial charge is 0.191 e. The first-order valence-electron chi connectivity index (χ1n) is 8.59. The number of aliphatic hydroxyl groups is 1. The summed E-state index contributed by atoms with van der Waals surface area (Å²) in [6.45, 7) is 4.08. The maximum Gasteiger partial charge on any atom is 0.191 e. The van der Waals surface area contributed by atoms with Crippen molar-refractivity contribution < 1.29 is 14.6 Å². The topological polar surface area (TPSA) is 75.1 Å². The molecule has 0 saturated heterocycles. The average Bonchev–Trinajstić information content (AvgIpc) is 3.02. The van der Waals surface area contributed by atoms with Gasteiger partial charge < -0.3 is 25.2 Å². The van der Waals surface area contributed by atoms with Crippen molar-refractivity contribution in [3.63, 3.8) is 0 Å². The highest BCUT2D eigenvalue weighted by Gasteiger charge is 2.24. The number of guanidine groups is 1. The van der Waals surface area contributed by atoms with Crippen LogP contribution in [0.15, 0.2) is 23.2 Å². The number of nitrogens with zero attached hydrogens (tertiary/aromatic N) is 1. The highest BCUT2D eigenvalue weighted by atomic mass is 16.5. The van der Waals surface area contributed by atoms with Crippen LogP contribution in [0.5, 0.6) is 11.5 Å². The van der Waals surface area contributed by atoms with Crippen molar-refractivity contribution in [3.05, 3.63) is 23.8 Å². The number of hydrogen-bond donors (Lipinski definition) is 3. The van der Waals surface area contributed by atoms with Crippen LogP contribution in [0.25, 0.3) is 0 Å². The van der Waals surface area contributed by atoms with E-state index < -0.39 is 0 Å². The third-order valence-electron chi connectivity index (χ3n) is 4.40. The molecular weight excluding hydrogens is 306 g/mol. The van der Waals surface area contributed by atoms with Crippen LogP contribution in [0.3, 0.4) is 0 Å². The highest BCUT2D eigenvalue weighted by molar-refractivity contribution is 5.79. The lowest BCUT2D eigenvalue weighted by molar-refractivity contribution is 0.134. The number of nitrogens with one attached hydrogen (secondary N) is 2. The van der Waals surface area contributed by atoms with Crippen LogP contribution in [0, 0.1) is 5.92 Å². The first kappa shape index (κ1) is 18.4. The molecule has 1 fully saturated rings. The summed E-state index contributed by atoms with van der Waals surface area (Å²) < 4.78 is 10.6. The Morgan fingerprint density at radius 2 is 2.08 bits per heavy atom. The number of rotatable bonds is 7. The second-order valence-corrected chi connectivity index (χ2v) is 6.01. The number of ether oxygens (including phenoxy) is 2. The van der Waals surface area contributed by atoms with Gasteiger partial charge in [0.1, 0.15) is 11.5 Å². The molecule has 2 unspecified atom stereocenters. The van der Waals surface area contributed by atoms with Gasteiger partial charge in [-0.3, -0.25) is 0 Å². The van der Waals surface area contributed by atoms with E-state index in [1.165, 1.54) is 0 Å². The van der Waals surface area contributed by atoms with E-state index in [0.29, 0.717) is 12.5 Å². The van der Waals surface area contributed by atoms with Crippen molar-refractivity contribution in [1.29, 1.82) is 0 Å². The molecule has 0 radical (unpaired) electrons. The molecule has 2 rings (SSSR count). The minimum Gasteiger partial charge on any atom is -0.497 e. The molecule has 6 nitrogen and oxygen atoms in total. The van der Waals surface area contributed by atoms with Crippen LogP contribution in [-0.4, -0.2) is 44.5 Å². The molecule has 2 atom stereocenters. The van der Waals surface area contributed by atoms with E-state index >= 15 is 0 Å². The van der Waals surface area contributed by atoms with Crippen LogP contribution in [0.2, 0.25) is 0 Å². The molecule has 134 valence electrons. The van der Waals surface area contributed by atoms with Gasteiger partial charge in [-0.2, -0.15) is 0 Å². The predicted molar refractivity (Wildman–Crippen MR) is 95.7 cm³/mol. The maximum absolute atomic E-state index is 9.93. The summed E-state index contributed by atoms with van der Waals surface area (Å²) in [5.74, 6) is 2.60. The Hall–Kier alpha value is -1.95. The Bertz CT molecular complexity index is 548. The highest BCUT2D eigenvalue weighted by Crippen LogP contribution is 2.26. The van der Waals surface area contributed by atoms with Crippen LogP contribution < -0.4 is 20.1 Å². The summed E-state index contributed by atoms with van der Waals surface area (Å²) in [5, 5.41) is 16.5. The third kappa shape index (κ3) is 5.03. The zero-order chi connectivity index (χ0) is 17.4. The summed E-state index contributed by atoms with van der Waals surface area (Å²) in [4.78, 5) is 4.63. The number of methoxy groups -OCH3 is 2. The van der Waals surface area contributed by atoms with Crippen molar-refractivity contribution in [2.24, 2.45) is 10.9 Å². The first-order chi connectivity index (χ1) is 11.7. The Labute approximate surface area is 144 Å². The Balaban J connectivity index is 1.99. The van der Waals surface area contributed by atoms with E-state index in [2.05, 4.69) is 15.6 Å².